The summed E-state index contributed by atoms with van der Waals surface area (Å²) in [4.78, 5) is 38.1. The van der Waals surface area contributed by atoms with Crippen molar-refractivity contribution in [1.82, 2.24) is 35.3 Å². The number of amides is 1. The molecule has 44 heavy (non-hydrogen) atoms. The van der Waals surface area contributed by atoms with Crippen molar-refractivity contribution >= 4 is 29.6 Å². The summed E-state index contributed by atoms with van der Waals surface area (Å²) in [5, 5.41) is 19.3. The van der Waals surface area contributed by atoms with Crippen LogP contribution in [-0.4, -0.2) is 49.0 Å². The van der Waals surface area contributed by atoms with E-state index in [0.29, 0.717) is 39.5 Å². The molecular weight excluding hydrogens is 582 g/mol. The van der Waals surface area contributed by atoms with Crippen LogP contribution in [0.1, 0.15) is 28.4 Å². The van der Waals surface area contributed by atoms with Crippen LogP contribution < -0.4 is 10.9 Å². The molecule has 2 aromatic heterocycles. The number of rotatable bonds is 10. The van der Waals surface area contributed by atoms with Crippen LogP contribution in [0.4, 0.5) is 0 Å². The Morgan fingerprint density at radius 2 is 1.80 bits per heavy atom. The molecule has 0 radical (unpaired) electrons. The molecule has 1 N–H and O–H groups in total. The number of nitrogens with one attached hydrogen (secondary N) is 1. The summed E-state index contributed by atoms with van der Waals surface area (Å²) in [5.41, 5.74) is 4.29. The van der Waals surface area contributed by atoms with E-state index in [4.69, 9.17) is 16.3 Å². The average Bonchev–Trinajstić information content (AvgIpc) is 3.57. The molecule has 0 spiro atoms. The molecule has 0 bridgehead atoms. The lowest BCUT2D eigenvalue weighted by Gasteiger charge is -2.19. The van der Waals surface area contributed by atoms with Gasteiger partial charge in [-0.3, -0.25) is 14.4 Å². The number of hydrogen-bond acceptors (Lipinski definition) is 8. The highest BCUT2D eigenvalue weighted by atomic mass is 35.5. The standard InChI is InChI=1S/C32H28ClN7O4/c1-39-32(43)26(23-10-8-22(9-11-23)17-31(42)44-2)19-28(36-39)27(16-21-6-4-3-5-7-21)35-30(41)15-12-24-18-25(33)13-14-29(24)40-20-34-37-38-40/h3-15,18-20,27H,16-17H2,1-2H3,(H,35,41)/b15-12+/t27-/m0/s1. The second-order valence-corrected chi connectivity index (χ2v) is 10.3. The zero-order valence-electron chi connectivity index (χ0n) is 23.9. The second-order valence-electron chi connectivity index (χ2n) is 9.90. The largest absolute Gasteiger partial charge is 0.469 e. The lowest BCUT2D eigenvalue weighted by Crippen LogP contribution is -2.32. The van der Waals surface area contributed by atoms with Gasteiger partial charge in [0.25, 0.3) is 5.56 Å². The molecule has 0 saturated carbocycles. The molecule has 0 fully saturated rings. The van der Waals surface area contributed by atoms with Crippen LogP contribution in [-0.2, 0) is 34.2 Å². The van der Waals surface area contributed by atoms with Gasteiger partial charge in [0, 0.05) is 23.7 Å². The predicted octanol–water partition coefficient (Wildman–Crippen LogP) is 3.91. The van der Waals surface area contributed by atoms with Crippen molar-refractivity contribution in [1.29, 1.82) is 0 Å². The van der Waals surface area contributed by atoms with Crippen LogP contribution in [0.15, 0.2) is 96.1 Å². The maximum Gasteiger partial charge on any atom is 0.309 e. The molecule has 12 heteroatoms. The highest BCUT2D eigenvalue weighted by Crippen LogP contribution is 2.23. The van der Waals surface area contributed by atoms with Crippen LogP contribution in [0.25, 0.3) is 22.9 Å². The first-order valence-corrected chi connectivity index (χ1v) is 14.0. The predicted molar refractivity (Wildman–Crippen MR) is 165 cm³/mol. The van der Waals surface area contributed by atoms with Crippen molar-refractivity contribution in [3.05, 3.63) is 129 Å². The first-order valence-electron chi connectivity index (χ1n) is 13.6. The Hall–Kier alpha value is -5.42. The van der Waals surface area contributed by atoms with Gasteiger partial charge < -0.3 is 10.1 Å². The van der Waals surface area contributed by atoms with E-state index in [1.165, 1.54) is 28.9 Å². The third kappa shape index (κ3) is 7.31. The Bertz CT molecular complexity index is 1850. The van der Waals surface area contributed by atoms with E-state index in [9.17, 15) is 14.4 Å². The fourth-order valence-corrected chi connectivity index (χ4v) is 4.83. The number of halogens is 1. The molecule has 2 heterocycles. The highest BCUT2D eigenvalue weighted by Gasteiger charge is 2.20. The van der Waals surface area contributed by atoms with Gasteiger partial charge in [-0.2, -0.15) is 9.78 Å². The molecule has 0 unspecified atom stereocenters. The minimum Gasteiger partial charge on any atom is -0.469 e. The topological polar surface area (TPSA) is 134 Å². The van der Waals surface area contributed by atoms with E-state index in [0.717, 1.165) is 11.1 Å². The molecule has 222 valence electrons. The monoisotopic (exact) mass is 609 g/mol. The number of benzene rings is 3. The van der Waals surface area contributed by atoms with Crippen molar-refractivity contribution in [2.45, 2.75) is 18.9 Å². The normalized spacial score (nSPS) is 11.8. The fourth-order valence-electron chi connectivity index (χ4n) is 4.65. The molecule has 0 aliphatic carbocycles. The number of carbonyl (C=O) groups excluding carboxylic acids is 2. The lowest BCUT2D eigenvalue weighted by molar-refractivity contribution is -0.139. The van der Waals surface area contributed by atoms with Gasteiger partial charge in [0.15, 0.2) is 0 Å². The number of aryl methyl sites for hydroxylation is 1. The molecule has 0 aliphatic heterocycles. The Labute approximate surface area is 257 Å². The van der Waals surface area contributed by atoms with Crippen LogP contribution in [0.2, 0.25) is 5.02 Å². The van der Waals surface area contributed by atoms with E-state index in [2.05, 4.69) is 25.9 Å². The zero-order valence-corrected chi connectivity index (χ0v) is 24.7. The molecule has 3 aromatic carbocycles. The molecular formula is C32H28ClN7O4. The first-order chi connectivity index (χ1) is 21.3. The van der Waals surface area contributed by atoms with Crippen molar-refractivity contribution in [2.75, 3.05) is 7.11 Å². The lowest BCUT2D eigenvalue weighted by atomic mass is 9.99. The molecule has 1 amide bonds. The van der Waals surface area contributed by atoms with Gasteiger partial charge in [0.2, 0.25) is 5.91 Å². The maximum atomic E-state index is 13.3. The maximum absolute atomic E-state index is 13.3. The molecule has 5 rings (SSSR count). The van der Waals surface area contributed by atoms with Gasteiger partial charge in [-0.1, -0.05) is 66.2 Å². The third-order valence-electron chi connectivity index (χ3n) is 6.88. The fraction of sp³-hybridized carbons (Fsp3) is 0.156. The van der Waals surface area contributed by atoms with Crippen molar-refractivity contribution in [3.63, 3.8) is 0 Å². The van der Waals surface area contributed by atoms with Crippen molar-refractivity contribution in [2.24, 2.45) is 7.05 Å². The third-order valence-corrected chi connectivity index (χ3v) is 7.11. The Morgan fingerprint density at radius 3 is 2.50 bits per heavy atom. The number of aromatic nitrogens is 6. The quantitative estimate of drug-likeness (QED) is 0.186. The Morgan fingerprint density at radius 1 is 1.02 bits per heavy atom. The average molecular weight is 610 g/mol. The Kier molecular flexibility index (Phi) is 9.36. The Balaban J connectivity index is 1.46. The van der Waals surface area contributed by atoms with Gasteiger partial charge >= 0.3 is 5.97 Å². The summed E-state index contributed by atoms with van der Waals surface area (Å²) in [7, 11) is 2.91. The summed E-state index contributed by atoms with van der Waals surface area (Å²) in [5.74, 6) is -0.728. The van der Waals surface area contributed by atoms with Crippen LogP contribution in [0.5, 0.6) is 0 Å². The van der Waals surface area contributed by atoms with E-state index in [-0.39, 0.29) is 23.9 Å². The number of methoxy groups -OCH3 is 1. The van der Waals surface area contributed by atoms with Gasteiger partial charge in [-0.25, -0.2) is 4.68 Å². The smallest absolute Gasteiger partial charge is 0.309 e. The van der Waals surface area contributed by atoms with E-state index >= 15 is 0 Å². The van der Waals surface area contributed by atoms with Crippen molar-refractivity contribution in [3.8, 4) is 16.8 Å². The second kappa shape index (κ2) is 13.7. The number of esters is 1. The minimum atomic E-state index is -0.572. The van der Waals surface area contributed by atoms with Gasteiger partial charge in [0.05, 0.1) is 36.5 Å². The SMILES string of the molecule is COC(=O)Cc1ccc(-c2cc([C@H](Cc3ccccc3)NC(=O)/C=C/c3cc(Cl)ccc3-n3cnnn3)nn(C)c2=O)cc1. The number of hydrogen-bond donors (Lipinski definition) is 1. The van der Waals surface area contributed by atoms with E-state index in [1.807, 2.05) is 30.3 Å². The highest BCUT2D eigenvalue weighted by molar-refractivity contribution is 6.30. The molecule has 0 saturated heterocycles. The summed E-state index contributed by atoms with van der Waals surface area (Å²) < 4.78 is 7.48. The van der Waals surface area contributed by atoms with Crippen molar-refractivity contribution < 1.29 is 14.3 Å². The number of nitrogens with zero attached hydrogens (tertiary/aromatic N) is 6. The molecule has 11 nitrogen and oxygen atoms in total. The number of tetrazole rings is 1. The first kappa shape index (κ1) is 30.1. The molecule has 1 atom stereocenters. The molecule has 5 aromatic rings. The van der Waals surface area contributed by atoms with Crippen LogP contribution in [0.3, 0.4) is 0 Å². The van der Waals surface area contributed by atoms with E-state index in [1.54, 1.807) is 61.7 Å². The minimum absolute atomic E-state index is 0.126. The van der Waals surface area contributed by atoms with Gasteiger partial charge in [-0.15, -0.1) is 5.10 Å². The summed E-state index contributed by atoms with van der Waals surface area (Å²) in [6.45, 7) is 0. The van der Waals surface area contributed by atoms with Crippen LogP contribution in [0, 0.1) is 0 Å². The molecule has 0 aliphatic rings. The summed E-state index contributed by atoms with van der Waals surface area (Å²) in [6.07, 6.45) is 5.04. The van der Waals surface area contributed by atoms with Gasteiger partial charge in [0.1, 0.15) is 6.33 Å². The summed E-state index contributed by atoms with van der Waals surface area (Å²) in [6, 6.07) is 23.1. The van der Waals surface area contributed by atoms with E-state index < -0.39 is 6.04 Å². The number of carbonyl (C=O) groups is 2. The summed E-state index contributed by atoms with van der Waals surface area (Å²) >= 11 is 6.23. The van der Waals surface area contributed by atoms with Gasteiger partial charge in [-0.05, 0) is 63.9 Å². The van der Waals surface area contributed by atoms with Crippen LogP contribution >= 0.6 is 11.6 Å². The number of ether oxygens (including phenoxy) is 1. The zero-order chi connectivity index (χ0) is 31.1.